The molecule has 61 heavy (non-hydrogen) atoms. The number of rotatable bonds is 40. The van der Waals surface area contributed by atoms with E-state index < -0.39 is 0 Å². The Morgan fingerprint density at radius 2 is 0.918 bits per heavy atom. The van der Waals surface area contributed by atoms with Gasteiger partial charge in [0, 0.05) is 12.8 Å². The van der Waals surface area contributed by atoms with Crippen LogP contribution in [-0.2, 0) is 4.79 Å². The van der Waals surface area contributed by atoms with Gasteiger partial charge in [-0.15, -0.1) is 12.3 Å². The summed E-state index contributed by atoms with van der Waals surface area (Å²) < 4.78 is 0. The van der Waals surface area contributed by atoms with Gasteiger partial charge in [-0.25, -0.2) is 0 Å². The molecule has 0 fully saturated rings. The Balaban J connectivity index is -0.000000282. The van der Waals surface area contributed by atoms with Gasteiger partial charge < -0.3 is 5.32 Å². The molecule has 2 nitrogen and oxygen atoms in total. The van der Waals surface area contributed by atoms with Crippen molar-refractivity contribution in [1.82, 2.24) is 5.32 Å². The summed E-state index contributed by atoms with van der Waals surface area (Å²) in [5.41, 5.74) is 4.11. The Labute approximate surface area is 388 Å². The van der Waals surface area contributed by atoms with Crippen LogP contribution in [-0.4, -0.2) is 19.4 Å². The van der Waals surface area contributed by atoms with Crippen LogP contribution < -0.4 is 5.32 Å². The van der Waals surface area contributed by atoms with Gasteiger partial charge in [-0.1, -0.05) is 246 Å². The van der Waals surface area contributed by atoms with Crippen LogP contribution in [0.4, 0.5) is 0 Å². The molecule has 0 heterocycles. The fourth-order valence-corrected chi connectivity index (χ4v) is 7.22. The summed E-state index contributed by atoms with van der Waals surface area (Å²) in [5, 5.41) is 2.93. The number of nitrogens with one attached hydrogen (secondary N) is 1. The molecule has 2 heteroatoms. The lowest BCUT2D eigenvalue weighted by Gasteiger charge is -2.16. The quantitative estimate of drug-likeness (QED) is 0.0378. The number of hydrogen-bond donors (Lipinski definition) is 1. The van der Waals surface area contributed by atoms with Crippen LogP contribution in [0.5, 0.6) is 0 Å². The van der Waals surface area contributed by atoms with Crippen molar-refractivity contribution in [2.45, 2.75) is 294 Å². The van der Waals surface area contributed by atoms with Gasteiger partial charge in [-0.05, 0) is 103 Å². The maximum Gasteiger partial charge on any atom is 0.132 e. The predicted molar refractivity (Wildman–Crippen MR) is 285 cm³/mol. The number of Topliss-reactive ketones (excluding diaryl/α,β-unsaturated/α-hetero) is 1. The van der Waals surface area contributed by atoms with E-state index in [2.05, 4.69) is 96.1 Å². The van der Waals surface area contributed by atoms with Crippen LogP contribution in [0.25, 0.3) is 0 Å². The predicted octanol–water partition coefficient (Wildman–Crippen LogP) is 20.8. The summed E-state index contributed by atoms with van der Waals surface area (Å²) in [7, 11) is 1.93. The Morgan fingerprint density at radius 1 is 0.508 bits per heavy atom. The topological polar surface area (TPSA) is 29.1 Å². The first kappa shape index (κ1) is 68.4. The highest BCUT2D eigenvalue weighted by molar-refractivity contribution is 5.78. The number of hydrogen-bond acceptors (Lipinski definition) is 2. The van der Waals surface area contributed by atoms with E-state index in [9.17, 15) is 4.79 Å². The van der Waals surface area contributed by atoms with E-state index in [1.807, 2.05) is 34.7 Å². The summed E-state index contributed by atoms with van der Waals surface area (Å²) in [6, 6.07) is 0. The van der Waals surface area contributed by atoms with Crippen LogP contribution in [0.1, 0.15) is 294 Å². The SMILES string of the molecule is C=C(C)C.C=C=CCCC(CCCCCCCCC)CCCCCCCCC.CC.CCCCCC=CCC=CCCCCCCCC(=O)CCC(CC)CCC.CCNC. The Hall–Kier alpha value is -1.63. The minimum Gasteiger partial charge on any atom is -0.320 e. The van der Waals surface area contributed by atoms with Crippen molar-refractivity contribution in [3.63, 3.8) is 0 Å². The minimum absolute atomic E-state index is 0.496. The van der Waals surface area contributed by atoms with Crippen molar-refractivity contribution < 1.29 is 4.79 Å². The summed E-state index contributed by atoms with van der Waals surface area (Å²) in [6.07, 6.45) is 57.2. The Kier molecular flexibility index (Phi) is 75.7. The van der Waals surface area contributed by atoms with Gasteiger partial charge in [0.05, 0.1) is 0 Å². The van der Waals surface area contributed by atoms with Crippen molar-refractivity contribution in [2.75, 3.05) is 13.6 Å². The van der Waals surface area contributed by atoms with Crippen LogP contribution >= 0.6 is 0 Å². The molecule has 0 aromatic rings. The molecule has 0 spiro atoms. The third-order valence-corrected chi connectivity index (χ3v) is 11.2. The van der Waals surface area contributed by atoms with Gasteiger partial charge in [0.1, 0.15) is 5.78 Å². The lowest BCUT2D eigenvalue weighted by molar-refractivity contribution is -0.119. The smallest absolute Gasteiger partial charge is 0.132 e. The highest BCUT2D eigenvalue weighted by atomic mass is 16.1. The average Bonchev–Trinajstić information content (AvgIpc) is 3.26. The third kappa shape index (κ3) is 76.1. The standard InChI is InChI=1S/C26H48O.C24H46.C4H8.C3H9N.C2H6/c1-4-7-8-9-10-11-12-13-14-15-16-17-18-19-20-22-26(27)24-23-25(6-3)21-5-2;1-4-7-10-12-14-16-19-22-24(21-18-9-6-3)23-20-17-15-13-11-8-5-2;1-4(2)3;1-3-4-2;1-2/h10-11,13-14,25H,4-9,12,15-24H2,1-3H3;9,24H,3-5,7-8,10-23H2,1-2H3;1H2,2-3H3;4H,3H2,1-2H3;1-2H3. The van der Waals surface area contributed by atoms with E-state index in [1.54, 1.807) is 0 Å². The average molecular weight is 857 g/mol. The maximum atomic E-state index is 12.0. The first-order valence-corrected chi connectivity index (χ1v) is 27.2. The number of unbranched alkanes of at least 4 members (excludes halogenated alkanes) is 20. The van der Waals surface area contributed by atoms with Gasteiger partial charge in [0.15, 0.2) is 0 Å². The lowest BCUT2D eigenvalue weighted by Crippen LogP contribution is -2.04. The van der Waals surface area contributed by atoms with Gasteiger partial charge in [-0.3, -0.25) is 4.79 Å². The van der Waals surface area contributed by atoms with E-state index in [0.717, 1.165) is 50.5 Å². The molecule has 1 unspecified atom stereocenters. The first-order chi connectivity index (χ1) is 29.7. The Morgan fingerprint density at radius 3 is 1.34 bits per heavy atom. The zero-order valence-electron chi connectivity index (χ0n) is 44.3. The van der Waals surface area contributed by atoms with Crippen LogP contribution in [0, 0.1) is 11.8 Å². The summed E-state index contributed by atoms with van der Waals surface area (Å²) in [4.78, 5) is 12.0. The number of ketones is 1. The van der Waals surface area contributed by atoms with Gasteiger partial charge in [0.2, 0.25) is 0 Å². The molecule has 1 atom stereocenters. The third-order valence-electron chi connectivity index (χ3n) is 11.2. The van der Waals surface area contributed by atoms with Crippen molar-refractivity contribution in [3.05, 3.63) is 54.8 Å². The molecule has 0 aromatic heterocycles. The van der Waals surface area contributed by atoms with Crippen LogP contribution in [0.15, 0.2) is 54.8 Å². The second-order valence-corrected chi connectivity index (χ2v) is 17.7. The second-order valence-electron chi connectivity index (χ2n) is 17.7. The normalized spacial score (nSPS) is 11.1. The molecule has 0 aliphatic carbocycles. The van der Waals surface area contributed by atoms with Gasteiger partial charge >= 0.3 is 0 Å². The number of carbonyl (C=O) groups excluding carboxylic acids is 1. The van der Waals surface area contributed by atoms with Crippen LogP contribution in [0.3, 0.4) is 0 Å². The lowest BCUT2D eigenvalue weighted by atomic mass is 9.90. The highest BCUT2D eigenvalue weighted by Crippen LogP contribution is 2.24. The van der Waals surface area contributed by atoms with E-state index in [4.69, 9.17) is 0 Å². The maximum absolute atomic E-state index is 12.0. The summed E-state index contributed by atoms with van der Waals surface area (Å²) in [6.45, 7) is 29.7. The molecule has 0 rings (SSSR count). The molecule has 0 aliphatic heterocycles. The second kappa shape index (κ2) is 67.4. The zero-order valence-corrected chi connectivity index (χ0v) is 44.3. The van der Waals surface area contributed by atoms with Crippen molar-refractivity contribution >= 4 is 5.78 Å². The summed E-state index contributed by atoms with van der Waals surface area (Å²) in [5.74, 6) is 2.21. The molecule has 0 aliphatic rings. The van der Waals surface area contributed by atoms with Gasteiger partial charge in [0.25, 0.3) is 0 Å². The number of allylic oxidation sites excluding steroid dienone is 6. The van der Waals surface area contributed by atoms with Gasteiger partial charge in [-0.2, -0.15) is 0 Å². The van der Waals surface area contributed by atoms with E-state index in [0.29, 0.717) is 5.78 Å². The first-order valence-electron chi connectivity index (χ1n) is 27.2. The van der Waals surface area contributed by atoms with E-state index >= 15 is 0 Å². The molecular formula is C59H117NO. The molecular weight excluding hydrogens is 739 g/mol. The molecule has 1 N–H and O–H groups in total. The molecule has 0 radical (unpaired) electrons. The molecule has 0 aromatic carbocycles. The minimum atomic E-state index is 0.496. The van der Waals surface area contributed by atoms with E-state index in [-0.39, 0.29) is 0 Å². The molecule has 0 amide bonds. The monoisotopic (exact) mass is 856 g/mol. The number of carbonyl (C=O) groups is 1. The molecule has 364 valence electrons. The molecule has 0 saturated carbocycles. The summed E-state index contributed by atoms with van der Waals surface area (Å²) >= 11 is 0. The fourth-order valence-electron chi connectivity index (χ4n) is 7.22. The molecule has 0 bridgehead atoms. The Bertz CT molecular complexity index is 868. The highest BCUT2D eigenvalue weighted by Gasteiger charge is 2.09. The van der Waals surface area contributed by atoms with E-state index in [1.165, 1.54) is 198 Å². The van der Waals surface area contributed by atoms with Crippen LogP contribution in [0.2, 0.25) is 0 Å². The van der Waals surface area contributed by atoms with Crippen molar-refractivity contribution in [1.29, 1.82) is 0 Å². The molecule has 0 saturated heterocycles. The zero-order chi connectivity index (χ0) is 46.7. The van der Waals surface area contributed by atoms with Crippen molar-refractivity contribution in [2.24, 2.45) is 11.8 Å². The van der Waals surface area contributed by atoms with Crippen molar-refractivity contribution in [3.8, 4) is 0 Å². The largest absolute Gasteiger partial charge is 0.320 e. The fraction of sp³-hybridized carbons (Fsp3) is 0.831.